The van der Waals surface area contributed by atoms with Crippen molar-refractivity contribution < 1.29 is 9.53 Å². The minimum Gasteiger partial charge on any atom is -0.465 e. The highest BCUT2D eigenvalue weighted by molar-refractivity contribution is 5.66. The summed E-state index contributed by atoms with van der Waals surface area (Å²) in [6, 6.07) is 10.1. The van der Waals surface area contributed by atoms with Gasteiger partial charge in [0.05, 0.1) is 0 Å². The summed E-state index contributed by atoms with van der Waals surface area (Å²) in [5.41, 5.74) is 0.977. The highest BCUT2D eigenvalue weighted by Gasteiger charge is 2.26. The van der Waals surface area contributed by atoms with E-state index < -0.39 is 0 Å². The van der Waals surface area contributed by atoms with E-state index in [4.69, 9.17) is 4.74 Å². The molecule has 0 fully saturated rings. The largest absolute Gasteiger partial charge is 0.465 e. The van der Waals surface area contributed by atoms with Crippen molar-refractivity contribution in [3.05, 3.63) is 48.6 Å². The molecule has 0 saturated heterocycles. The lowest BCUT2D eigenvalue weighted by Gasteiger charge is -2.28. The molecule has 0 aliphatic carbocycles. The monoisotopic (exact) mass is 218 g/mol. The SMILES string of the molecule is C=CCC(C)(COC(C)=O)c1ccccc1. The Morgan fingerprint density at radius 2 is 2.06 bits per heavy atom. The second-order valence-electron chi connectivity index (χ2n) is 4.20. The van der Waals surface area contributed by atoms with Crippen molar-refractivity contribution in [2.45, 2.75) is 25.7 Å². The molecule has 0 aliphatic heterocycles. The molecule has 0 amide bonds. The molecule has 1 unspecified atom stereocenters. The summed E-state index contributed by atoms with van der Waals surface area (Å²) >= 11 is 0. The van der Waals surface area contributed by atoms with Crippen LogP contribution in [-0.2, 0) is 14.9 Å². The Labute approximate surface area is 96.9 Å². The van der Waals surface area contributed by atoms with E-state index >= 15 is 0 Å². The minimum absolute atomic E-state index is 0.186. The van der Waals surface area contributed by atoms with Gasteiger partial charge in [-0.05, 0) is 12.0 Å². The molecular weight excluding hydrogens is 200 g/mol. The van der Waals surface area contributed by atoms with Crippen LogP contribution in [0.3, 0.4) is 0 Å². The van der Waals surface area contributed by atoms with Gasteiger partial charge in [0.15, 0.2) is 0 Å². The summed E-state index contributed by atoms with van der Waals surface area (Å²) < 4.78 is 5.13. The lowest BCUT2D eigenvalue weighted by atomic mass is 9.80. The van der Waals surface area contributed by atoms with Gasteiger partial charge in [0.2, 0.25) is 0 Å². The van der Waals surface area contributed by atoms with Crippen LogP contribution in [0.1, 0.15) is 25.8 Å². The van der Waals surface area contributed by atoms with E-state index in [1.807, 2.05) is 36.4 Å². The molecule has 0 radical (unpaired) electrons. The van der Waals surface area contributed by atoms with Gasteiger partial charge >= 0.3 is 5.97 Å². The number of esters is 1. The molecule has 0 aromatic heterocycles. The zero-order valence-electron chi connectivity index (χ0n) is 9.90. The van der Waals surface area contributed by atoms with Crippen molar-refractivity contribution in [1.82, 2.24) is 0 Å². The van der Waals surface area contributed by atoms with Crippen LogP contribution in [0, 0.1) is 0 Å². The Morgan fingerprint density at radius 3 is 2.56 bits per heavy atom. The number of ether oxygens (including phenoxy) is 1. The normalized spacial score (nSPS) is 13.9. The van der Waals surface area contributed by atoms with Crippen molar-refractivity contribution in [2.75, 3.05) is 6.61 Å². The molecule has 1 rings (SSSR count). The fourth-order valence-corrected chi connectivity index (χ4v) is 1.68. The van der Waals surface area contributed by atoms with E-state index in [0.717, 1.165) is 12.0 Å². The zero-order valence-corrected chi connectivity index (χ0v) is 9.90. The molecule has 1 aromatic rings. The number of hydrogen-bond acceptors (Lipinski definition) is 2. The number of benzene rings is 1. The molecule has 1 atom stereocenters. The lowest BCUT2D eigenvalue weighted by Crippen LogP contribution is -2.28. The Kier molecular flexibility index (Phi) is 4.29. The molecule has 2 nitrogen and oxygen atoms in total. The maximum absolute atomic E-state index is 10.9. The van der Waals surface area contributed by atoms with Crippen LogP contribution in [0.5, 0.6) is 0 Å². The summed E-state index contributed by atoms with van der Waals surface area (Å²) in [7, 11) is 0. The minimum atomic E-state index is -0.244. The number of carbonyl (C=O) groups excluding carboxylic acids is 1. The predicted molar refractivity (Wildman–Crippen MR) is 65.2 cm³/mol. The first-order chi connectivity index (χ1) is 7.58. The number of hydrogen-bond donors (Lipinski definition) is 0. The third-order valence-electron chi connectivity index (χ3n) is 2.66. The molecule has 86 valence electrons. The van der Waals surface area contributed by atoms with Crippen LogP contribution in [0.15, 0.2) is 43.0 Å². The predicted octanol–water partition coefficient (Wildman–Crippen LogP) is 3.08. The third kappa shape index (κ3) is 3.23. The highest BCUT2D eigenvalue weighted by atomic mass is 16.5. The second-order valence-corrected chi connectivity index (χ2v) is 4.20. The van der Waals surface area contributed by atoms with Crippen molar-refractivity contribution >= 4 is 5.97 Å². The van der Waals surface area contributed by atoms with Gasteiger partial charge in [-0.3, -0.25) is 4.79 Å². The average molecular weight is 218 g/mol. The highest BCUT2D eigenvalue weighted by Crippen LogP contribution is 2.28. The quantitative estimate of drug-likeness (QED) is 0.560. The number of carbonyl (C=O) groups is 1. The van der Waals surface area contributed by atoms with Gasteiger partial charge in [0.1, 0.15) is 6.61 Å². The summed E-state index contributed by atoms with van der Waals surface area (Å²) in [5.74, 6) is -0.244. The van der Waals surface area contributed by atoms with Crippen LogP contribution in [-0.4, -0.2) is 12.6 Å². The van der Waals surface area contributed by atoms with Crippen LogP contribution in [0.4, 0.5) is 0 Å². The molecule has 0 N–H and O–H groups in total. The summed E-state index contributed by atoms with van der Waals surface area (Å²) in [4.78, 5) is 10.9. The first-order valence-corrected chi connectivity index (χ1v) is 5.38. The second kappa shape index (κ2) is 5.50. The van der Waals surface area contributed by atoms with E-state index in [2.05, 4.69) is 13.5 Å². The molecular formula is C14H18O2. The summed E-state index contributed by atoms with van der Waals surface area (Å²) in [6.45, 7) is 7.65. The van der Waals surface area contributed by atoms with Gasteiger partial charge in [0, 0.05) is 12.3 Å². The smallest absolute Gasteiger partial charge is 0.302 e. The van der Waals surface area contributed by atoms with E-state index in [-0.39, 0.29) is 11.4 Å². The first-order valence-electron chi connectivity index (χ1n) is 5.38. The van der Waals surface area contributed by atoms with Gasteiger partial charge in [0.25, 0.3) is 0 Å². The standard InChI is InChI=1S/C14H18O2/c1-4-10-14(3,11-16-12(2)15)13-8-6-5-7-9-13/h4-9H,1,10-11H2,2-3H3. The lowest BCUT2D eigenvalue weighted by molar-refractivity contribution is -0.142. The van der Waals surface area contributed by atoms with Crippen LogP contribution in [0.2, 0.25) is 0 Å². The molecule has 0 bridgehead atoms. The van der Waals surface area contributed by atoms with E-state index in [1.54, 1.807) is 0 Å². The summed E-state index contributed by atoms with van der Waals surface area (Å²) in [6.07, 6.45) is 2.64. The molecule has 0 aliphatic rings. The molecule has 2 heteroatoms. The Bertz CT molecular complexity index is 356. The van der Waals surface area contributed by atoms with Gasteiger partial charge < -0.3 is 4.74 Å². The average Bonchev–Trinajstić information content (AvgIpc) is 2.28. The fraction of sp³-hybridized carbons (Fsp3) is 0.357. The summed E-state index contributed by atoms with van der Waals surface area (Å²) in [5, 5.41) is 0. The van der Waals surface area contributed by atoms with E-state index in [9.17, 15) is 4.79 Å². The number of allylic oxidation sites excluding steroid dienone is 1. The van der Waals surface area contributed by atoms with Gasteiger partial charge in [-0.25, -0.2) is 0 Å². The van der Waals surface area contributed by atoms with Crippen LogP contribution in [0.25, 0.3) is 0 Å². The Morgan fingerprint density at radius 1 is 1.44 bits per heavy atom. The van der Waals surface area contributed by atoms with Gasteiger partial charge in [-0.1, -0.05) is 43.3 Å². The fourth-order valence-electron chi connectivity index (χ4n) is 1.68. The van der Waals surface area contributed by atoms with Crippen molar-refractivity contribution in [2.24, 2.45) is 0 Å². The number of rotatable bonds is 5. The molecule has 0 spiro atoms. The Hall–Kier alpha value is -1.57. The van der Waals surface area contributed by atoms with Crippen molar-refractivity contribution in [1.29, 1.82) is 0 Å². The Balaban J connectivity index is 2.87. The van der Waals surface area contributed by atoms with Crippen molar-refractivity contribution in [3.8, 4) is 0 Å². The third-order valence-corrected chi connectivity index (χ3v) is 2.66. The van der Waals surface area contributed by atoms with E-state index in [0.29, 0.717) is 6.61 Å². The van der Waals surface area contributed by atoms with Crippen LogP contribution >= 0.6 is 0 Å². The van der Waals surface area contributed by atoms with Gasteiger partial charge in [-0.15, -0.1) is 6.58 Å². The van der Waals surface area contributed by atoms with Gasteiger partial charge in [-0.2, -0.15) is 0 Å². The molecule has 0 heterocycles. The maximum Gasteiger partial charge on any atom is 0.302 e. The van der Waals surface area contributed by atoms with Crippen LogP contribution < -0.4 is 0 Å². The van der Waals surface area contributed by atoms with Crippen molar-refractivity contribution in [3.63, 3.8) is 0 Å². The zero-order chi connectivity index (χ0) is 12.0. The van der Waals surface area contributed by atoms with E-state index in [1.165, 1.54) is 6.92 Å². The molecule has 16 heavy (non-hydrogen) atoms. The topological polar surface area (TPSA) is 26.3 Å². The molecule has 1 aromatic carbocycles. The molecule has 0 saturated carbocycles. The first kappa shape index (κ1) is 12.5. The maximum atomic E-state index is 10.9.